The van der Waals surface area contributed by atoms with Gasteiger partial charge in [0.15, 0.2) is 0 Å². The van der Waals surface area contributed by atoms with E-state index in [1.54, 1.807) is 18.2 Å². The van der Waals surface area contributed by atoms with Crippen molar-refractivity contribution in [3.63, 3.8) is 0 Å². The maximum Gasteiger partial charge on any atom is 0.417 e. The van der Waals surface area contributed by atoms with E-state index in [9.17, 15) is 13.2 Å². The maximum absolute atomic E-state index is 13.2. The second kappa shape index (κ2) is 8.22. The van der Waals surface area contributed by atoms with E-state index >= 15 is 0 Å². The van der Waals surface area contributed by atoms with Gasteiger partial charge in [-0.3, -0.25) is 0 Å². The van der Waals surface area contributed by atoms with Crippen LogP contribution in [0.25, 0.3) is 0 Å². The minimum absolute atomic E-state index is 0.0122. The number of anilines is 1. The van der Waals surface area contributed by atoms with Gasteiger partial charge in [-0.05, 0) is 42.5 Å². The van der Waals surface area contributed by atoms with Crippen LogP contribution >= 0.6 is 23.4 Å². The van der Waals surface area contributed by atoms with E-state index in [-0.39, 0.29) is 11.6 Å². The molecule has 0 unspecified atom stereocenters. The highest BCUT2D eigenvalue weighted by Gasteiger charge is 2.34. The van der Waals surface area contributed by atoms with E-state index in [2.05, 4.69) is 4.99 Å². The molecule has 0 saturated carbocycles. The van der Waals surface area contributed by atoms with Gasteiger partial charge in [0.25, 0.3) is 0 Å². The molecular weight excluding hydrogens is 383 g/mol. The first-order valence-corrected chi connectivity index (χ1v) is 9.39. The van der Waals surface area contributed by atoms with Crippen LogP contribution in [0.5, 0.6) is 0 Å². The lowest BCUT2D eigenvalue weighted by Gasteiger charge is -2.19. The Balaban J connectivity index is 2.47. The van der Waals surface area contributed by atoms with Crippen LogP contribution in [0, 0.1) is 0 Å². The Hall–Kier alpha value is -1.86. The van der Waals surface area contributed by atoms with Crippen LogP contribution in [0.1, 0.15) is 18.1 Å². The number of alkyl halides is 3. The Morgan fingerprint density at radius 3 is 2.54 bits per heavy atom. The largest absolute Gasteiger partial charge is 0.417 e. The van der Waals surface area contributed by atoms with Crippen LogP contribution in [0.4, 0.5) is 24.5 Å². The standard InChI is InChI=1S/C18H19ClF3N3S/c1-4-11-6-5-7-12(8-11)25(2)17(23)24-15-10-13(26-3)9-14(16(15)19)18(20,21)22/h5-10H,4H2,1-3H3,(H2,23,24). The van der Waals surface area contributed by atoms with Crippen molar-refractivity contribution in [2.24, 2.45) is 10.7 Å². The van der Waals surface area contributed by atoms with Crippen molar-refractivity contribution in [3.8, 4) is 0 Å². The third-order valence-corrected chi connectivity index (χ3v) is 4.96. The predicted molar refractivity (Wildman–Crippen MR) is 104 cm³/mol. The summed E-state index contributed by atoms with van der Waals surface area (Å²) in [7, 11) is 1.70. The summed E-state index contributed by atoms with van der Waals surface area (Å²) in [6.45, 7) is 2.03. The number of aryl methyl sites for hydroxylation is 1. The van der Waals surface area contributed by atoms with Crippen LogP contribution in [-0.2, 0) is 12.6 Å². The molecule has 3 nitrogen and oxygen atoms in total. The van der Waals surface area contributed by atoms with Crippen LogP contribution in [0.15, 0.2) is 46.3 Å². The number of guanidine groups is 1. The van der Waals surface area contributed by atoms with Crippen LogP contribution in [0.3, 0.4) is 0 Å². The fourth-order valence-corrected chi connectivity index (χ4v) is 3.03. The Morgan fingerprint density at radius 1 is 1.27 bits per heavy atom. The number of hydrogen-bond acceptors (Lipinski definition) is 2. The lowest BCUT2D eigenvalue weighted by atomic mass is 10.1. The van der Waals surface area contributed by atoms with Gasteiger partial charge in [-0.2, -0.15) is 13.2 Å². The summed E-state index contributed by atoms with van der Waals surface area (Å²) in [4.78, 5) is 6.16. The minimum atomic E-state index is -4.57. The summed E-state index contributed by atoms with van der Waals surface area (Å²) >= 11 is 7.13. The molecule has 0 aliphatic carbocycles. The van der Waals surface area contributed by atoms with Gasteiger partial charge in [0.05, 0.1) is 16.3 Å². The van der Waals surface area contributed by atoms with Gasteiger partial charge in [-0.25, -0.2) is 4.99 Å². The summed E-state index contributed by atoms with van der Waals surface area (Å²) in [5.41, 5.74) is 6.99. The Labute approximate surface area is 160 Å². The first-order chi connectivity index (χ1) is 12.2. The highest BCUT2D eigenvalue weighted by Crippen LogP contribution is 2.42. The normalized spacial score (nSPS) is 12.3. The molecule has 2 rings (SSSR count). The van der Waals surface area contributed by atoms with Gasteiger partial charge in [-0.15, -0.1) is 11.8 Å². The fraction of sp³-hybridized carbons (Fsp3) is 0.278. The molecule has 8 heteroatoms. The molecule has 2 aromatic rings. The molecule has 0 heterocycles. The quantitative estimate of drug-likeness (QED) is 0.404. The van der Waals surface area contributed by atoms with Crippen molar-refractivity contribution in [2.45, 2.75) is 24.4 Å². The molecule has 0 amide bonds. The third-order valence-electron chi connectivity index (χ3n) is 3.85. The number of rotatable bonds is 4. The maximum atomic E-state index is 13.2. The van der Waals surface area contributed by atoms with E-state index in [0.29, 0.717) is 4.90 Å². The smallest absolute Gasteiger partial charge is 0.369 e. The fourth-order valence-electron chi connectivity index (χ4n) is 2.30. The zero-order chi connectivity index (χ0) is 19.5. The number of nitrogens with zero attached hydrogens (tertiary/aromatic N) is 2. The van der Waals surface area contributed by atoms with Gasteiger partial charge in [0.1, 0.15) is 0 Å². The molecule has 0 saturated heterocycles. The second-order valence-electron chi connectivity index (χ2n) is 5.56. The van der Waals surface area contributed by atoms with E-state index in [1.807, 2.05) is 31.2 Å². The topological polar surface area (TPSA) is 41.6 Å². The molecule has 0 spiro atoms. The first kappa shape index (κ1) is 20.5. The summed E-state index contributed by atoms with van der Waals surface area (Å²) in [6.07, 6.45) is -2.03. The molecule has 0 radical (unpaired) electrons. The highest BCUT2D eigenvalue weighted by molar-refractivity contribution is 7.98. The summed E-state index contributed by atoms with van der Waals surface area (Å²) in [5.74, 6) is 0.0477. The average molecular weight is 402 g/mol. The number of hydrogen-bond donors (Lipinski definition) is 1. The third kappa shape index (κ3) is 4.65. The van der Waals surface area contributed by atoms with Crippen LogP contribution in [-0.4, -0.2) is 19.3 Å². The molecule has 0 aliphatic heterocycles. The van der Waals surface area contributed by atoms with Crippen molar-refractivity contribution < 1.29 is 13.2 Å². The molecule has 26 heavy (non-hydrogen) atoms. The first-order valence-electron chi connectivity index (χ1n) is 7.79. The number of nitrogens with two attached hydrogens (primary N) is 1. The van der Waals surface area contributed by atoms with Crippen molar-refractivity contribution >= 4 is 40.7 Å². The van der Waals surface area contributed by atoms with E-state index in [4.69, 9.17) is 17.3 Å². The Kier molecular flexibility index (Phi) is 6.47. The Bertz CT molecular complexity index is 822. The van der Waals surface area contributed by atoms with Gasteiger partial charge in [-0.1, -0.05) is 30.7 Å². The van der Waals surface area contributed by atoms with E-state index in [1.165, 1.54) is 17.8 Å². The van der Waals surface area contributed by atoms with Crippen molar-refractivity contribution in [3.05, 3.63) is 52.5 Å². The number of halogens is 4. The van der Waals surface area contributed by atoms with Gasteiger partial charge >= 0.3 is 6.18 Å². The zero-order valence-electron chi connectivity index (χ0n) is 14.6. The molecule has 0 aliphatic rings. The highest BCUT2D eigenvalue weighted by atomic mass is 35.5. The number of benzene rings is 2. The molecule has 0 atom stereocenters. The molecule has 2 N–H and O–H groups in total. The molecule has 0 aromatic heterocycles. The van der Waals surface area contributed by atoms with Crippen molar-refractivity contribution in [1.82, 2.24) is 0 Å². The number of thioether (sulfide) groups is 1. The Morgan fingerprint density at radius 2 is 1.96 bits per heavy atom. The van der Waals surface area contributed by atoms with Crippen LogP contribution < -0.4 is 10.6 Å². The van der Waals surface area contributed by atoms with E-state index < -0.39 is 16.8 Å². The summed E-state index contributed by atoms with van der Waals surface area (Å²) < 4.78 is 39.6. The molecule has 140 valence electrons. The minimum Gasteiger partial charge on any atom is -0.369 e. The lowest BCUT2D eigenvalue weighted by molar-refractivity contribution is -0.137. The second-order valence-corrected chi connectivity index (χ2v) is 6.82. The van der Waals surface area contributed by atoms with E-state index in [0.717, 1.165) is 23.7 Å². The molecule has 0 fully saturated rings. The molecule has 2 aromatic carbocycles. The van der Waals surface area contributed by atoms with Gasteiger partial charge in [0.2, 0.25) is 5.96 Å². The van der Waals surface area contributed by atoms with Crippen molar-refractivity contribution in [1.29, 1.82) is 0 Å². The average Bonchev–Trinajstić information content (AvgIpc) is 2.61. The van der Waals surface area contributed by atoms with Crippen molar-refractivity contribution in [2.75, 3.05) is 18.2 Å². The predicted octanol–water partition coefficient (Wildman–Crippen LogP) is 5.73. The summed E-state index contributed by atoms with van der Waals surface area (Å²) in [6, 6.07) is 10.2. The SMILES string of the molecule is CCc1cccc(N(C)C(N)=Nc2cc(SC)cc(C(F)(F)F)c2Cl)c1. The monoisotopic (exact) mass is 401 g/mol. The molecule has 0 bridgehead atoms. The zero-order valence-corrected chi connectivity index (χ0v) is 16.1. The van der Waals surface area contributed by atoms with Gasteiger partial charge in [0, 0.05) is 17.6 Å². The molecular formula is C18H19ClF3N3S. The lowest BCUT2D eigenvalue weighted by Crippen LogP contribution is -2.33. The summed E-state index contributed by atoms with van der Waals surface area (Å²) in [5, 5.41) is -0.464. The number of aliphatic imine (C=N–C) groups is 1. The van der Waals surface area contributed by atoms with Gasteiger partial charge < -0.3 is 10.6 Å². The van der Waals surface area contributed by atoms with Crippen LogP contribution in [0.2, 0.25) is 5.02 Å².